The minimum Gasteiger partial charge on any atom is -0.324 e. The van der Waals surface area contributed by atoms with Gasteiger partial charge < -0.3 is 5.32 Å². The summed E-state index contributed by atoms with van der Waals surface area (Å²) in [4.78, 5) is 31.4. The number of amides is 1. The fraction of sp³-hybridized carbons (Fsp3) is 0.269. The summed E-state index contributed by atoms with van der Waals surface area (Å²) >= 11 is 1.45. The Hall–Kier alpha value is -3.25. The van der Waals surface area contributed by atoms with E-state index in [1.807, 2.05) is 49.6 Å². The number of carbonyl (C=O) groups is 1. The number of thiophene rings is 1. The molecule has 1 amide bonds. The van der Waals surface area contributed by atoms with Crippen LogP contribution in [0.4, 0.5) is 5.69 Å². The van der Waals surface area contributed by atoms with Gasteiger partial charge in [-0.25, -0.2) is 4.98 Å². The van der Waals surface area contributed by atoms with Crippen molar-refractivity contribution in [2.45, 2.75) is 47.1 Å². The Kier molecular flexibility index (Phi) is 5.98. The molecule has 4 aromatic rings. The van der Waals surface area contributed by atoms with Crippen molar-refractivity contribution in [2.75, 3.05) is 5.32 Å². The Labute approximate surface area is 191 Å². The molecule has 2 aromatic carbocycles. The summed E-state index contributed by atoms with van der Waals surface area (Å²) < 4.78 is 1.39. The summed E-state index contributed by atoms with van der Waals surface area (Å²) in [7, 11) is 0. The number of hydrogen-bond donors (Lipinski definition) is 1. The van der Waals surface area contributed by atoms with Gasteiger partial charge in [0.2, 0.25) is 5.91 Å². The largest absolute Gasteiger partial charge is 0.324 e. The first-order valence-electron chi connectivity index (χ1n) is 10.7. The number of hydrogen-bond acceptors (Lipinski definition) is 4. The third-order valence-electron chi connectivity index (χ3n) is 5.74. The number of nitrogens with zero attached hydrogens (tertiary/aromatic N) is 2. The zero-order valence-corrected chi connectivity index (χ0v) is 19.8. The minimum absolute atomic E-state index is 0.0875. The molecule has 1 N–H and O–H groups in total. The summed E-state index contributed by atoms with van der Waals surface area (Å²) in [6, 6.07) is 12.2. The van der Waals surface area contributed by atoms with E-state index in [9.17, 15) is 9.59 Å². The second-order valence-electron chi connectivity index (χ2n) is 8.57. The normalized spacial score (nSPS) is 11.3. The molecular weight excluding hydrogens is 418 g/mol. The second kappa shape index (κ2) is 8.71. The molecule has 0 saturated carbocycles. The van der Waals surface area contributed by atoms with Crippen LogP contribution in [0.25, 0.3) is 21.3 Å². The lowest BCUT2D eigenvalue weighted by Crippen LogP contribution is -2.28. The van der Waals surface area contributed by atoms with Gasteiger partial charge >= 0.3 is 0 Å². The molecule has 32 heavy (non-hydrogen) atoms. The second-order valence-corrected chi connectivity index (χ2v) is 9.43. The lowest BCUT2D eigenvalue weighted by molar-refractivity contribution is -0.116. The third-order valence-corrected chi connectivity index (χ3v) is 6.62. The Bertz CT molecular complexity index is 1380. The molecule has 0 unspecified atom stereocenters. The van der Waals surface area contributed by atoms with Crippen molar-refractivity contribution in [3.8, 4) is 11.1 Å². The van der Waals surface area contributed by atoms with E-state index in [2.05, 4.69) is 37.1 Å². The van der Waals surface area contributed by atoms with E-state index in [0.717, 1.165) is 33.5 Å². The molecule has 0 saturated heterocycles. The summed E-state index contributed by atoms with van der Waals surface area (Å²) in [5.41, 5.74) is 6.87. The summed E-state index contributed by atoms with van der Waals surface area (Å²) in [6.45, 7) is 10.2. The molecule has 2 aromatic heterocycles. The average Bonchev–Trinajstić information content (AvgIpc) is 3.16. The van der Waals surface area contributed by atoms with Gasteiger partial charge in [-0.1, -0.05) is 55.8 Å². The lowest BCUT2D eigenvalue weighted by atomic mass is 9.98. The van der Waals surface area contributed by atoms with E-state index in [0.29, 0.717) is 10.2 Å². The maximum Gasteiger partial charge on any atom is 0.263 e. The molecule has 0 atom stereocenters. The van der Waals surface area contributed by atoms with Crippen LogP contribution in [0.1, 0.15) is 42.0 Å². The van der Waals surface area contributed by atoms with Crippen molar-refractivity contribution < 1.29 is 4.79 Å². The van der Waals surface area contributed by atoms with Crippen molar-refractivity contribution in [3.05, 3.63) is 80.7 Å². The smallest absolute Gasteiger partial charge is 0.263 e. The number of aromatic nitrogens is 2. The topological polar surface area (TPSA) is 64.0 Å². The van der Waals surface area contributed by atoms with Gasteiger partial charge in [-0.3, -0.25) is 14.2 Å². The zero-order valence-electron chi connectivity index (χ0n) is 19.0. The van der Waals surface area contributed by atoms with Crippen LogP contribution in [-0.4, -0.2) is 15.5 Å². The number of aryl methyl sites for hydroxylation is 3. The van der Waals surface area contributed by atoms with E-state index in [1.54, 1.807) is 0 Å². The van der Waals surface area contributed by atoms with Crippen LogP contribution < -0.4 is 10.9 Å². The van der Waals surface area contributed by atoms with E-state index < -0.39 is 0 Å². The van der Waals surface area contributed by atoms with Crippen molar-refractivity contribution in [2.24, 2.45) is 0 Å². The highest BCUT2D eigenvalue weighted by Gasteiger charge is 2.17. The first kappa shape index (κ1) is 22.0. The third kappa shape index (κ3) is 4.10. The number of carbonyl (C=O) groups excluding carboxylic acids is 1. The van der Waals surface area contributed by atoms with E-state index >= 15 is 0 Å². The van der Waals surface area contributed by atoms with Gasteiger partial charge in [0.05, 0.1) is 11.7 Å². The predicted molar refractivity (Wildman–Crippen MR) is 133 cm³/mol. The summed E-state index contributed by atoms with van der Waals surface area (Å²) in [5, 5.41) is 5.56. The average molecular weight is 446 g/mol. The predicted octanol–water partition coefficient (Wildman–Crippen LogP) is 5.81. The number of anilines is 1. The minimum atomic E-state index is -0.243. The van der Waals surface area contributed by atoms with E-state index in [-0.39, 0.29) is 23.9 Å². The van der Waals surface area contributed by atoms with Gasteiger partial charge in [0.15, 0.2) is 0 Å². The van der Waals surface area contributed by atoms with Crippen LogP contribution in [0, 0.1) is 20.8 Å². The van der Waals surface area contributed by atoms with Crippen molar-refractivity contribution in [3.63, 3.8) is 0 Å². The molecule has 0 radical (unpaired) electrons. The first-order valence-corrected chi connectivity index (χ1v) is 11.6. The molecule has 0 aliphatic heterocycles. The van der Waals surface area contributed by atoms with Gasteiger partial charge in [0.25, 0.3) is 5.56 Å². The van der Waals surface area contributed by atoms with E-state index in [1.165, 1.54) is 27.8 Å². The molecule has 0 aliphatic carbocycles. The molecule has 0 aliphatic rings. The molecule has 2 heterocycles. The number of fused-ring (bicyclic) bond motifs is 1. The standard InChI is InChI=1S/C26H27N3O2S/c1-15(2)19-8-6-7-17(4)24(19)28-22(30)12-29-14-27-25-23(26(29)31)21(13-32-25)20-10-9-16(3)11-18(20)5/h6-11,13-15H,12H2,1-5H3,(H,28,30). The monoisotopic (exact) mass is 445 g/mol. The molecule has 5 nitrogen and oxygen atoms in total. The Morgan fingerprint density at radius 3 is 2.59 bits per heavy atom. The number of nitrogens with one attached hydrogen (secondary N) is 1. The van der Waals surface area contributed by atoms with Gasteiger partial charge in [-0.05, 0) is 48.9 Å². The highest BCUT2D eigenvalue weighted by atomic mass is 32.1. The summed E-state index contributed by atoms with van der Waals surface area (Å²) in [5.74, 6) is 0.0322. The number of para-hydroxylation sites is 1. The van der Waals surface area contributed by atoms with Crippen LogP contribution in [-0.2, 0) is 11.3 Å². The lowest BCUT2D eigenvalue weighted by Gasteiger charge is -2.16. The highest BCUT2D eigenvalue weighted by Crippen LogP contribution is 2.33. The first-order chi connectivity index (χ1) is 15.3. The number of rotatable bonds is 5. The molecule has 164 valence electrons. The Morgan fingerprint density at radius 2 is 1.88 bits per heavy atom. The van der Waals surface area contributed by atoms with Crippen LogP contribution in [0.15, 0.2) is 52.9 Å². The number of benzene rings is 2. The fourth-order valence-corrected chi connectivity index (χ4v) is 4.97. The molecule has 4 rings (SSSR count). The molecule has 0 fully saturated rings. The van der Waals surface area contributed by atoms with Crippen molar-refractivity contribution in [1.29, 1.82) is 0 Å². The summed E-state index contributed by atoms with van der Waals surface area (Å²) in [6.07, 6.45) is 1.47. The van der Waals surface area contributed by atoms with Crippen molar-refractivity contribution in [1.82, 2.24) is 9.55 Å². The van der Waals surface area contributed by atoms with Crippen LogP contribution in [0.5, 0.6) is 0 Å². The zero-order chi connectivity index (χ0) is 23.0. The molecule has 6 heteroatoms. The molecule has 0 bridgehead atoms. The van der Waals surface area contributed by atoms with Crippen molar-refractivity contribution >= 4 is 33.1 Å². The van der Waals surface area contributed by atoms with E-state index in [4.69, 9.17) is 0 Å². The van der Waals surface area contributed by atoms with Gasteiger partial charge in [-0.2, -0.15) is 0 Å². The fourth-order valence-electron chi connectivity index (χ4n) is 4.07. The molecule has 0 spiro atoms. The van der Waals surface area contributed by atoms with Crippen LogP contribution >= 0.6 is 11.3 Å². The maximum absolute atomic E-state index is 13.3. The van der Waals surface area contributed by atoms with Gasteiger partial charge in [0.1, 0.15) is 11.4 Å². The Balaban J connectivity index is 1.69. The molecular formula is C26H27N3O2S. The maximum atomic E-state index is 13.3. The highest BCUT2D eigenvalue weighted by molar-refractivity contribution is 7.17. The van der Waals surface area contributed by atoms with Crippen LogP contribution in [0.3, 0.4) is 0 Å². The quantitative estimate of drug-likeness (QED) is 0.421. The SMILES string of the molecule is Cc1ccc(-c2csc3ncn(CC(=O)Nc4c(C)cccc4C(C)C)c(=O)c23)c(C)c1. The Morgan fingerprint density at radius 1 is 1.09 bits per heavy atom. The van der Waals surface area contributed by atoms with Gasteiger partial charge in [0, 0.05) is 16.6 Å². The van der Waals surface area contributed by atoms with Gasteiger partial charge in [-0.15, -0.1) is 11.3 Å². The van der Waals surface area contributed by atoms with Crippen LogP contribution in [0.2, 0.25) is 0 Å².